The maximum absolute atomic E-state index is 12.2. The highest BCUT2D eigenvalue weighted by molar-refractivity contribution is 6.32. The van der Waals surface area contributed by atoms with Gasteiger partial charge in [-0.05, 0) is 48.9 Å². The zero-order valence-electron chi connectivity index (χ0n) is 22.4. The van der Waals surface area contributed by atoms with Crippen molar-refractivity contribution in [2.45, 2.75) is 13.0 Å². The van der Waals surface area contributed by atoms with Crippen molar-refractivity contribution in [3.8, 4) is 11.5 Å². The van der Waals surface area contributed by atoms with E-state index in [2.05, 4.69) is 42.3 Å². The molecule has 0 spiro atoms. The van der Waals surface area contributed by atoms with Gasteiger partial charge >= 0.3 is 0 Å². The van der Waals surface area contributed by atoms with E-state index in [1.54, 1.807) is 36.5 Å². The standard InChI is InChI=1S/C29H30ClN7O4/c1-2-28(38)35-25-16-22-24(17-27(25)40-12-4-9-37-10-13-39-14-11-37)31-19-32-29(22)34-20-6-7-26(23(30)15-20)41-18-21-5-3-8-33-36-21/h2-3,5-8,15-17,19H,1,4,9-14,18H2,(H,35,38)(H,31,32,34). The minimum absolute atomic E-state index is 0.244. The molecule has 12 heteroatoms. The van der Waals surface area contributed by atoms with E-state index in [0.717, 1.165) is 39.3 Å². The molecule has 1 amide bonds. The molecule has 0 saturated carbocycles. The van der Waals surface area contributed by atoms with E-state index in [1.165, 1.54) is 12.4 Å². The van der Waals surface area contributed by atoms with E-state index in [-0.39, 0.29) is 12.5 Å². The molecule has 2 N–H and O–H groups in total. The van der Waals surface area contributed by atoms with Gasteiger partial charge in [0.15, 0.2) is 0 Å². The normalized spacial score (nSPS) is 13.5. The molecule has 2 aromatic heterocycles. The van der Waals surface area contributed by atoms with Gasteiger partial charge in [0.25, 0.3) is 0 Å². The fourth-order valence-electron chi connectivity index (χ4n) is 4.27. The van der Waals surface area contributed by atoms with Crippen molar-refractivity contribution in [1.29, 1.82) is 0 Å². The number of nitrogens with one attached hydrogen (secondary N) is 2. The molecule has 0 unspecified atom stereocenters. The van der Waals surface area contributed by atoms with Gasteiger partial charge in [0.2, 0.25) is 5.91 Å². The van der Waals surface area contributed by atoms with E-state index in [9.17, 15) is 4.79 Å². The summed E-state index contributed by atoms with van der Waals surface area (Å²) in [6.45, 7) is 8.56. The summed E-state index contributed by atoms with van der Waals surface area (Å²) in [5.41, 5.74) is 2.54. The number of amides is 1. The molecule has 2 aromatic carbocycles. The number of anilines is 3. The lowest BCUT2D eigenvalue weighted by Crippen LogP contribution is -2.37. The van der Waals surface area contributed by atoms with Gasteiger partial charge in [-0.25, -0.2) is 9.97 Å². The van der Waals surface area contributed by atoms with Crippen LogP contribution in [0.5, 0.6) is 11.5 Å². The molecule has 1 fully saturated rings. The molecule has 11 nitrogen and oxygen atoms in total. The highest BCUT2D eigenvalue weighted by atomic mass is 35.5. The Balaban J connectivity index is 1.31. The van der Waals surface area contributed by atoms with Crippen molar-refractivity contribution < 1.29 is 19.0 Å². The number of halogens is 1. The number of carbonyl (C=O) groups excluding carboxylic acids is 1. The Bertz CT molecular complexity index is 1500. The van der Waals surface area contributed by atoms with Crippen molar-refractivity contribution in [1.82, 2.24) is 25.1 Å². The van der Waals surface area contributed by atoms with Gasteiger partial charge in [-0.2, -0.15) is 10.2 Å². The monoisotopic (exact) mass is 575 g/mol. The summed E-state index contributed by atoms with van der Waals surface area (Å²) in [4.78, 5) is 23.4. The third-order valence-electron chi connectivity index (χ3n) is 6.36. The van der Waals surface area contributed by atoms with E-state index in [4.69, 9.17) is 25.8 Å². The number of morpholine rings is 1. The molecule has 1 aliphatic rings. The molecule has 1 aliphatic heterocycles. The summed E-state index contributed by atoms with van der Waals surface area (Å²) in [6, 6.07) is 12.5. The van der Waals surface area contributed by atoms with Gasteiger partial charge in [-0.15, -0.1) is 0 Å². The van der Waals surface area contributed by atoms with Crippen LogP contribution in [-0.4, -0.2) is 70.4 Å². The van der Waals surface area contributed by atoms with Crippen LogP contribution < -0.4 is 20.1 Å². The van der Waals surface area contributed by atoms with E-state index in [1.807, 2.05) is 12.1 Å². The van der Waals surface area contributed by atoms with Gasteiger partial charge in [-0.3, -0.25) is 9.69 Å². The highest BCUT2D eigenvalue weighted by Gasteiger charge is 2.15. The second-order valence-electron chi connectivity index (χ2n) is 9.21. The van der Waals surface area contributed by atoms with E-state index >= 15 is 0 Å². The number of hydrogen-bond donors (Lipinski definition) is 2. The number of aromatic nitrogens is 4. The Morgan fingerprint density at radius 2 is 2.00 bits per heavy atom. The average Bonchev–Trinajstić information content (AvgIpc) is 3.00. The summed E-state index contributed by atoms with van der Waals surface area (Å²) in [7, 11) is 0. The van der Waals surface area contributed by atoms with Crippen molar-refractivity contribution in [2.24, 2.45) is 0 Å². The molecule has 5 rings (SSSR count). The molecule has 4 aromatic rings. The van der Waals surface area contributed by atoms with Crippen LogP contribution in [0, 0.1) is 0 Å². The van der Waals surface area contributed by atoms with Gasteiger partial charge in [0, 0.05) is 43.0 Å². The minimum Gasteiger partial charge on any atom is -0.491 e. The molecule has 212 valence electrons. The lowest BCUT2D eigenvalue weighted by Gasteiger charge is -2.26. The molecular weight excluding hydrogens is 546 g/mol. The lowest BCUT2D eigenvalue weighted by atomic mass is 10.1. The van der Waals surface area contributed by atoms with Crippen LogP contribution in [0.4, 0.5) is 17.2 Å². The fraction of sp³-hybridized carbons (Fsp3) is 0.276. The number of hydrogen-bond acceptors (Lipinski definition) is 10. The molecule has 0 aliphatic carbocycles. The summed E-state index contributed by atoms with van der Waals surface area (Å²) < 4.78 is 17.3. The topological polar surface area (TPSA) is 124 Å². The number of nitrogens with zero attached hydrogens (tertiary/aromatic N) is 5. The minimum atomic E-state index is -0.349. The van der Waals surface area contributed by atoms with Crippen LogP contribution in [0.15, 0.2) is 67.6 Å². The first-order valence-electron chi connectivity index (χ1n) is 13.2. The third-order valence-corrected chi connectivity index (χ3v) is 6.65. The summed E-state index contributed by atoms with van der Waals surface area (Å²) in [5.74, 6) is 1.22. The number of rotatable bonds is 12. The predicted molar refractivity (Wildman–Crippen MR) is 157 cm³/mol. The number of fused-ring (bicyclic) bond motifs is 1. The lowest BCUT2D eigenvalue weighted by molar-refractivity contribution is -0.111. The molecule has 0 bridgehead atoms. The first-order chi connectivity index (χ1) is 20.1. The Kier molecular flexibility index (Phi) is 9.53. The van der Waals surface area contributed by atoms with Crippen LogP contribution in [0.2, 0.25) is 5.02 Å². The maximum Gasteiger partial charge on any atom is 0.247 e. The van der Waals surface area contributed by atoms with Gasteiger partial charge in [0.1, 0.15) is 35.9 Å². The zero-order valence-corrected chi connectivity index (χ0v) is 23.1. The van der Waals surface area contributed by atoms with Gasteiger partial charge in [-0.1, -0.05) is 18.2 Å². The summed E-state index contributed by atoms with van der Waals surface area (Å²) in [5, 5.41) is 15.1. The Morgan fingerprint density at radius 1 is 1.12 bits per heavy atom. The highest BCUT2D eigenvalue weighted by Crippen LogP contribution is 2.35. The van der Waals surface area contributed by atoms with E-state index in [0.29, 0.717) is 56.9 Å². The third kappa shape index (κ3) is 7.66. The fourth-order valence-corrected chi connectivity index (χ4v) is 4.51. The van der Waals surface area contributed by atoms with Crippen molar-refractivity contribution >= 4 is 45.6 Å². The molecule has 3 heterocycles. The number of benzene rings is 2. The van der Waals surface area contributed by atoms with Crippen molar-refractivity contribution in [3.05, 3.63) is 78.4 Å². The van der Waals surface area contributed by atoms with Crippen LogP contribution in [0.3, 0.4) is 0 Å². The zero-order chi connectivity index (χ0) is 28.4. The molecule has 0 radical (unpaired) electrons. The molecule has 1 saturated heterocycles. The SMILES string of the molecule is C=CC(=O)Nc1cc2c(Nc3ccc(OCc4cccnn4)c(Cl)c3)ncnc2cc1OCCCN1CCOCC1. The molecule has 41 heavy (non-hydrogen) atoms. The largest absolute Gasteiger partial charge is 0.491 e. The van der Waals surface area contributed by atoms with Gasteiger partial charge in [0.05, 0.1) is 36.0 Å². The number of ether oxygens (including phenoxy) is 3. The number of carbonyl (C=O) groups is 1. The second-order valence-corrected chi connectivity index (χ2v) is 9.62. The second kappa shape index (κ2) is 13.8. The van der Waals surface area contributed by atoms with E-state index < -0.39 is 0 Å². The Labute approximate surface area is 242 Å². The van der Waals surface area contributed by atoms with Crippen molar-refractivity contribution in [2.75, 3.05) is 50.1 Å². The Morgan fingerprint density at radius 3 is 2.78 bits per heavy atom. The summed E-state index contributed by atoms with van der Waals surface area (Å²) >= 11 is 6.49. The smallest absolute Gasteiger partial charge is 0.247 e. The predicted octanol–water partition coefficient (Wildman–Crippen LogP) is 4.62. The molecular formula is C29H30ClN7O4. The van der Waals surface area contributed by atoms with Crippen molar-refractivity contribution in [3.63, 3.8) is 0 Å². The van der Waals surface area contributed by atoms with Crippen LogP contribution in [-0.2, 0) is 16.1 Å². The van der Waals surface area contributed by atoms with Gasteiger partial charge < -0.3 is 24.8 Å². The first-order valence-corrected chi connectivity index (χ1v) is 13.6. The first kappa shape index (κ1) is 28.2. The van der Waals surface area contributed by atoms with Crippen LogP contribution >= 0.6 is 11.6 Å². The van der Waals surface area contributed by atoms with Crippen LogP contribution in [0.25, 0.3) is 10.9 Å². The summed E-state index contributed by atoms with van der Waals surface area (Å²) in [6.07, 6.45) is 5.12. The Hall–Kier alpha value is -4.32. The maximum atomic E-state index is 12.2. The quantitative estimate of drug-likeness (QED) is 0.183. The molecule has 0 atom stereocenters. The average molecular weight is 576 g/mol. The van der Waals surface area contributed by atoms with Crippen LogP contribution in [0.1, 0.15) is 12.1 Å².